The van der Waals surface area contributed by atoms with Gasteiger partial charge in [0.15, 0.2) is 0 Å². The van der Waals surface area contributed by atoms with E-state index in [0.29, 0.717) is 6.54 Å². The lowest BCUT2D eigenvalue weighted by atomic mass is 10.3. The van der Waals surface area contributed by atoms with Crippen LogP contribution in [0.4, 0.5) is 0 Å². The normalized spacial score (nSPS) is 20.8. The first-order valence-corrected chi connectivity index (χ1v) is 4.21. The fourth-order valence-electron chi connectivity index (χ4n) is 1.23. The molecule has 1 fully saturated rings. The Hall–Kier alpha value is -0.610. The minimum Gasteiger partial charge on any atom is -0.358 e. The molecule has 1 amide bonds. The first-order chi connectivity index (χ1) is 5.72. The first kappa shape index (κ1) is 9.48. The van der Waals surface area contributed by atoms with Crippen LogP contribution in [0.15, 0.2) is 0 Å². The van der Waals surface area contributed by atoms with Crippen molar-refractivity contribution in [3.63, 3.8) is 0 Å². The van der Waals surface area contributed by atoms with E-state index in [2.05, 4.69) is 17.3 Å². The largest absolute Gasteiger partial charge is 0.358 e. The maximum Gasteiger partial charge on any atom is 0.233 e. The van der Waals surface area contributed by atoms with E-state index in [1.807, 2.05) is 4.90 Å². The van der Waals surface area contributed by atoms with Crippen LogP contribution < -0.4 is 5.32 Å². The number of amides is 1. The highest BCUT2D eigenvalue weighted by Crippen LogP contribution is 1.98. The molecule has 1 heterocycles. The molecule has 0 aromatic heterocycles. The van der Waals surface area contributed by atoms with Crippen LogP contribution in [-0.2, 0) is 4.79 Å². The number of carbonyl (C=O) groups excluding carboxylic acids is 1. The molecule has 1 aliphatic rings. The lowest BCUT2D eigenvalue weighted by Gasteiger charge is -2.31. The molecule has 4 heteroatoms. The van der Waals surface area contributed by atoms with Crippen LogP contribution in [0.3, 0.4) is 0 Å². The Morgan fingerprint density at radius 2 is 2.00 bits per heavy atom. The standard InChI is InChI=1S/C8H16N3O/c1-9-8(12)7-11-5-3-10(2)4-6-11/h2-7H2,1H3,(H,9,12). The Kier molecular flexibility index (Phi) is 3.49. The topological polar surface area (TPSA) is 35.6 Å². The molecule has 1 radical (unpaired) electrons. The minimum atomic E-state index is 0.0903. The van der Waals surface area contributed by atoms with E-state index < -0.39 is 0 Å². The zero-order valence-electron chi connectivity index (χ0n) is 7.55. The summed E-state index contributed by atoms with van der Waals surface area (Å²) in [5.41, 5.74) is 0. The van der Waals surface area contributed by atoms with Crippen LogP contribution in [0.5, 0.6) is 0 Å². The van der Waals surface area contributed by atoms with Crippen molar-refractivity contribution >= 4 is 5.91 Å². The lowest BCUT2D eigenvalue weighted by molar-refractivity contribution is -0.122. The zero-order valence-corrected chi connectivity index (χ0v) is 7.55. The van der Waals surface area contributed by atoms with Crippen molar-refractivity contribution in [2.75, 3.05) is 39.8 Å². The number of rotatable bonds is 2. The minimum absolute atomic E-state index is 0.0903. The van der Waals surface area contributed by atoms with Gasteiger partial charge in [0.1, 0.15) is 0 Å². The highest BCUT2D eigenvalue weighted by molar-refractivity contribution is 5.77. The van der Waals surface area contributed by atoms with Gasteiger partial charge in [-0.3, -0.25) is 14.6 Å². The van der Waals surface area contributed by atoms with Gasteiger partial charge in [0.2, 0.25) is 5.91 Å². The van der Waals surface area contributed by atoms with E-state index >= 15 is 0 Å². The predicted octanol–water partition coefficient (Wildman–Crippen LogP) is -0.858. The molecule has 1 rings (SSSR count). The number of carbonyl (C=O) groups is 1. The average Bonchev–Trinajstić information content (AvgIpc) is 2.09. The van der Waals surface area contributed by atoms with Gasteiger partial charge in [0, 0.05) is 40.3 Å². The third-order valence-electron chi connectivity index (χ3n) is 2.11. The van der Waals surface area contributed by atoms with Gasteiger partial charge in [-0.1, -0.05) is 0 Å². The van der Waals surface area contributed by atoms with Gasteiger partial charge in [-0.05, 0) is 0 Å². The van der Waals surface area contributed by atoms with Gasteiger partial charge < -0.3 is 5.32 Å². The molecule has 0 aliphatic carbocycles. The molecule has 0 unspecified atom stereocenters. The first-order valence-electron chi connectivity index (χ1n) is 4.21. The molecule has 1 N–H and O–H groups in total. The number of nitrogens with zero attached hydrogens (tertiary/aromatic N) is 2. The molecule has 4 nitrogen and oxygen atoms in total. The summed E-state index contributed by atoms with van der Waals surface area (Å²) in [6, 6.07) is 0. The summed E-state index contributed by atoms with van der Waals surface area (Å²) in [6.45, 7) is 4.31. The summed E-state index contributed by atoms with van der Waals surface area (Å²) in [4.78, 5) is 15.1. The van der Waals surface area contributed by atoms with Crippen LogP contribution in [0.2, 0.25) is 0 Å². The summed E-state index contributed by atoms with van der Waals surface area (Å²) < 4.78 is 0. The SMILES string of the molecule is [CH2]N1CCN(CC(=O)NC)CC1. The second-order valence-corrected chi connectivity index (χ2v) is 3.07. The maximum atomic E-state index is 11.0. The van der Waals surface area contributed by atoms with E-state index in [1.54, 1.807) is 7.05 Å². The van der Waals surface area contributed by atoms with Crippen LogP contribution in [0.25, 0.3) is 0 Å². The Balaban J connectivity index is 2.21. The fraction of sp³-hybridized carbons (Fsp3) is 0.750. The molecular formula is C8H16N3O. The number of piperazine rings is 1. The Morgan fingerprint density at radius 3 is 2.50 bits per heavy atom. The monoisotopic (exact) mass is 170 g/mol. The van der Waals surface area contributed by atoms with Crippen molar-refractivity contribution in [1.82, 2.24) is 15.1 Å². The van der Waals surface area contributed by atoms with E-state index in [4.69, 9.17) is 0 Å². The highest BCUT2D eigenvalue weighted by Gasteiger charge is 2.15. The smallest absolute Gasteiger partial charge is 0.233 e. The van der Waals surface area contributed by atoms with E-state index in [-0.39, 0.29) is 5.91 Å². The van der Waals surface area contributed by atoms with Crippen LogP contribution >= 0.6 is 0 Å². The fourth-order valence-corrected chi connectivity index (χ4v) is 1.23. The van der Waals surface area contributed by atoms with E-state index in [9.17, 15) is 4.79 Å². The van der Waals surface area contributed by atoms with E-state index in [1.165, 1.54) is 0 Å². The van der Waals surface area contributed by atoms with Gasteiger partial charge >= 0.3 is 0 Å². The Bertz CT molecular complexity index is 152. The average molecular weight is 170 g/mol. The molecule has 0 aromatic rings. The molecule has 0 atom stereocenters. The number of hydrogen-bond acceptors (Lipinski definition) is 3. The summed E-state index contributed by atoms with van der Waals surface area (Å²) in [5.74, 6) is 0.0903. The zero-order chi connectivity index (χ0) is 8.97. The molecule has 0 bridgehead atoms. The van der Waals surface area contributed by atoms with Crippen molar-refractivity contribution in [2.24, 2.45) is 0 Å². The lowest BCUT2D eigenvalue weighted by Crippen LogP contribution is -2.47. The second kappa shape index (κ2) is 4.42. The van der Waals surface area contributed by atoms with Gasteiger partial charge in [-0.2, -0.15) is 0 Å². The Morgan fingerprint density at radius 1 is 1.42 bits per heavy atom. The Labute approximate surface area is 73.5 Å². The number of likely N-dealkylation sites (N-methyl/N-ethyl adjacent to an activating group) is 1. The van der Waals surface area contributed by atoms with Gasteiger partial charge in [-0.15, -0.1) is 0 Å². The van der Waals surface area contributed by atoms with Crippen LogP contribution in [0.1, 0.15) is 0 Å². The van der Waals surface area contributed by atoms with Crippen LogP contribution in [0, 0.1) is 7.05 Å². The van der Waals surface area contributed by atoms with E-state index in [0.717, 1.165) is 26.2 Å². The summed E-state index contributed by atoms with van der Waals surface area (Å²) in [5, 5.41) is 2.61. The van der Waals surface area contributed by atoms with Gasteiger partial charge in [-0.25, -0.2) is 0 Å². The van der Waals surface area contributed by atoms with Crippen molar-refractivity contribution < 1.29 is 4.79 Å². The molecule has 69 valence electrons. The predicted molar refractivity (Wildman–Crippen MR) is 47.4 cm³/mol. The summed E-state index contributed by atoms with van der Waals surface area (Å²) in [6.07, 6.45) is 0. The molecule has 1 saturated heterocycles. The van der Waals surface area contributed by atoms with Gasteiger partial charge in [0.25, 0.3) is 0 Å². The molecule has 0 aromatic carbocycles. The molecule has 0 saturated carbocycles. The third-order valence-corrected chi connectivity index (χ3v) is 2.11. The number of hydrogen-bond donors (Lipinski definition) is 1. The molecule has 0 spiro atoms. The van der Waals surface area contributed by atoms with Crippen molar-refractivity contribution in [1.29, 1.82) is 0 Å². The van der Waals surface area contributed by atoms with Crippen molar-refractivity contribution in [3.8, 4) is 0 Å². The summed E-state index contributed by atoms with van der Waals surface area (Å²) in [7, 11) is 5.50. The number of nitrogens with one attached hydrogen (secondary N) is 1. The van der Waals surface area contributed by atoms with Crippen molar-refractivity contribution in [2.45, 2.75) is 0 Å². The second-order valence-electron chi connectivity index (χ2n) is 3.07. The quantitative estimate of drug-likeness (QED) is 0.586. The molecule has 12 heavy (non-hydrogen) atoms. The van der Waals surface area contributed by atoms with Crippen LogP contribution in [-0.4, -0.2) is 55.5 Å². The van der Waals surface area contributed by atoms with Gasteiger partial charge in [0.05, 0.1) is 6.54 Å². The third kappa shape index (κ3) is 2.79. The maximum absolute atomic E-state index is 11.0. The van der Waals surface area contributed by atoms with Crippen molar-refractivity contribution in [3.05, 3.63) is 7.05 Å². The molecule has 1 aliphatic heterocycles. The highest BCUT2D eigenvalue weighted by atomic mass is 16.1. The molecular weight excluding hydrogens is 154 g/mol. The summed E-state index contributed by atoms with van der Waals surface area (Å²) >= 11 is 0.